The third-order valence-electron chi connectivity index (χ3n) is 4.40. The van der Waals surface area contributed by atoms with Crippen molar-refractivity contribution in [2.45, 2.75) is 19.8 Å². The molecule has 0 aliphatic carbocycles. The van der Waals surface area contributed by atoms with E-state index >= 15 is 0 Å². The van der Waals surface area contributed by atoms with Crippen molar-refractivity contribution in [3.05, 3.63) is 63.0 Å². The van der Waals surface area contributed by atoms with Crippen LogP contribution >= 0.6 is 39.9 Å². The highest BCUT2D eigenvalue weighted by molar-refractivity contribution is 9.10. The molecule has 0 aromatic heterocycles. The number of amides is 1. The number of aryl methyl sites for hydroxylation is 1. The summed E-state index contributed by atoms with van der Waals surface area (Å²) in [5, 5.41) is 0. The molecule has 0 bridgehead atoms. The summed E-state index contributed by atoms with van der Waals surface area (Å²) in [6.07, 6.45) is 3.63. The van der Waals surface area contributed by atoms with E-state index in [1.807, 2.05) is 43.3 Å². The molecule has 1 aliphatic heterocycles. The van der Waals surface area contributed by atoms with Gasteiger partial charge in [-0.3, -0.25) is 9.69 Å². The monoisotopic (exact) mass is 491 g/mol. The zero-order valence-electron chi connectivity index (χ0n) is 16.3. The molecule has 7 heteroatoms. The van der Waals surface area contributed by atoms with Crippen LogP contribution in [-0.4, -0.2) is 35.4 Å². The predicted molar refractivity (Wildman–Crippen MR) is 127 cm³/mol. The number of rotatable bonds is 8. The highest BCUT2D eigenvalue weighted by Gasteiger charge is 2.31. The molecule has 4 nitrogen and oxygen atoms in total. The molecular formula is C22H22BrNO3S2. The van der Waals surface area contributed by atoms with Crippen molar-refractivity contribution < 1.29 is 14.3 Å². The van der Waals surface area contributed by atoms with Crippen molar-refractivity contribution in [3.8, 4) is 11.5 Å². The Morgan fingerprint density at radius 3 is 2.69 bits per heavy atom. The lowest BCUT2D eigenvalue weighted by Gasteiger charge is -2.14. The first-order valence-corrected chi connectivity index (χ1v) is 11.3. The summed E-state index contributed by atoms with van der Waals surface area (Å²) in [7, 11) is 1.60. The third kappa shape index (κ3) is 5.41. The van der Waals surface area contributed by atoms with Gasteiger partial charge in [0.25, 0.3) is 5.91 Å². The SMILES string of the molecule is CCOc1c(Br)cc(C=C2SC(=S)N(CCCc3ccccc3)C2=O)cc1OC. The lowest BCUT2D eigenvalue weighted by molar-refractivity contribution is -0.122. The first kappa shape index (κ1) is 21.9. The topological polar surface area (TPSA) is 38.8 Å². The zero-order chi connectivity index (χ0) is 20.8. The van der Waals surface area contributed by atoms with Crippen molar-refractivity contribution in [1.29, 1.82) is 0 Å². The Kier molecular flexibility index (Phi) is 7.75. The van der Waals surface area contributed by atoms with Crippen molar-refractivity contribution in [1.82, 2.24) is 4.90 Å². The molecule has 1 fully saturated rings. The minimum Gasteiger partial charge on any atom is -0.493 e. The number of thioether (sulfide) groups is 1. The van der Waals surface area contributed by atoms with Gasteiger partial charge < -0.3 is 9.47 Å². The molecule has 0 radical (unpaired) electrons. The van der Waals surface area contributed by atoms with Gasteiger partial charge in [0.1, 0.15) is 4.32 Å². The highest BCUT2D eigenvalue weighted by atomic mass is 79.9. The van der Waals surface area contributed by atoms with E-state index in [9.17, 15) is 4.79 Å². The number of carbonyl (C=O) groups is 1. The van der Waals surface area contributed by atoms with E-state index in [4.69, 9.17) is 21.7 Å². The van der Waals surface area contributed by atoms with Crippen LogP contribution in [0.15, 0.2) is 51.8 Å². The number of hydrogen-bond donors (Lipinski definition) is 0. The Balaban J connectivity index is 1.71. The number of nitrogens with zero attached hydrogens (tertiary/aromatic N) is 1. The average molecular weight is 492 g/mol. The molecule has 1 aliphatic rings. The average Bonchev–Trinajstić information content (AvgIpc) is 2.98. The van der Waals surface area contributed by atoms with Gasteiger partial charge in [-0.05, 0) is 65.0 Å². The Morgan fingerprint density at radius 2 is 2.00 bits per heavy atom. The molecule has 29 heavy (non-hydrogen) atoms. The number of ether oxygens (including phenoxy) is 2. The van der Waals surface area contributed by atoms with E-state index in [2.05, 4.69) is 28.1 Å². The summed E-state index contributed by atoms with van der Waals surface area (Å²) >= 11 is 10.3. The maximum Gasteiger partial charge on any atom is 0.266 e. The quantitative estimate of drug-likeness (QED) is 0.350. The van der Waals surface area contributed by atoms with Crippen LogP contribution in [0.5, 0.6) is 11.5 Å². The zero-order valence-corrected chi connectivity index (χ0v) is 19.5. The van der Waals surface area contributed by atoms with Crippen molar-refractivity contribution in [3.63, 3.8) is 0 Å². The summed E-state index contributed by atoms with van der Waals surface area (Å²) < 4.78 is 12.4. The van der Waals surface area contributed by atoms with E-state index in [-0.39, 0.29) is 5.91 Å². The third-order valence-corrected chi connectivity index (χ3v) is 6.37. The second kappa shape index (κ2) is 10.3. The van der Waals surface area contributed by atoms with Crippen molar-refractivity contribution >= 4 is 56.2 Å². The molecule has 1 heterocycles. The molecule has 152 valence electrons. The Hall–Kier alpha value is -1.83. The van der Waals surface area contributed by atoms with Gasteiger partial charge in [-0.15, -0.1) is 0 Å². The van der Waals surface area contributed by atoms with Gasteiger partial charge in [0, 0.05) is 6.54 Å². The van der Waals surface area contributed by atoms with Gasteiger partial charge >= 0.3 is 0 Å². The van der Waals surface area contributed by atoms with E-state index in [1.165, 1.54) is 17.3 Å². The van der Waals surface area contributed by atoms with E-state index in [0.29, 0.717) is 33.9 Å². The van der Waals surface area contributed by atoms with Gasteiger partial charge in [0.15, 0.2) is 11.5 Å². The Bertz CT molecular complexity index is 931. The van der Waals surface area contributed by atoms with Crippen LogP contribution < -0.4 is 9.47 Å². The fourth-order valence-electron chi connectivity index (χ4n) is 3.04. The van der Waals surface area contributed by atoms with Crippen molar-refractivity contribution in [2.75, 3.05) is 20.3 Å². The van der Waals surface area contributed by atoms with Gasteiger partial charge in [-0.25, -0.2) is 0 Å². The molecule has 0 saturated carbocycles. The molecule has 2 aromatic rings. The fourth-order valence-corrected chi connectivity index (χ4v) is 4.92. The molecule has 2 aromatic carbocycles. The standard InChI is InChI=1S/C22H22BrNO3S2/c1-3-27-20-17(23)12-16(13-18(20)26-2)14-19-21(25)24(22(28)29-19)11-7-10-15-8-5-4-6-9-15/h4-6,8-9,12-14H,3,7,10-11H2,1-2H3. The number of thiocarbonyl (C=S) groups is 1. The number of hydrogen-bond acceptors (Lipinski definition) is 5. The van der Waals surface area contributed by atoms with Crippen LogP contribution in [0.4, 0.5) is 0 Å². The molecule has 1 saturated heterocycles. The van der Waals surface area contributed by atoms with E-state index in [1.54, 1.807) is 12.0 Å². The second-order valence-electron chi connectivity index (χ2n) is 6.39. The Morgan fingerprint density at radius 1 is 1.24 bits per heavy atom. The summed E-state index contributed by atoms with van der Waals surface area (Å²) in [4.78, 5) is 15.2. The van der Waals surface area contributed by atoms with Crippen LogP contribution in [0, 0.1) is 0 Å². The van der Waals surface area contributed by atoms with Crippen molar-refractivity contribution in [2.24, 2.45) is 0 Å². The maximum atomic E-state index is 12.9. The van der Waals surface area contributed by atoms with Crippen LogP contribution in [0.2, 0.25) is 0 Å². The van der Waals surface area contributed by atoms with Gasteiger partial charge in [-0.1, -0.05) is 54.3 Å². The molecule has 0 atom stereocenters. The molecule has 0 spiro atoms. The number of halogens is 1. The molecule has 0 unspecified atom stereocenters. The summed E-state index contributed by atoms with van der Waals surface area (Å²) in [6, 6.07) is 14.0. The second-order valence-corrected chi connectivity index (χ2v) is 8.92. The maximum absolute atomic E-state index is 12.9. The normalized spacial score (nSPS) is 15.3. The highest BCUT2D eigenvalue weighted by Crippen LogP contribution is 2.39. The number of methoxy groups -OCH3 is 1. The minimum atomic E-state index is -0.0444. The summed E-state index contributed by atoms with van der Waals surface area (Å²) in [5.41, 5.74) is 2.11. The summed E-state index contributed by atoms with van der Waals surface area (Å²) in [5.74, 6) is 1.23. The first-order valence-electron chi connectivity index (χ1n) is 9.33. The van der Waals surface area contributed by atoms with Gasteiger partial charge in [0.05, 0.1) is 23.1 Å². The van der Waals surface area contributed by atoms with Crippen LogP contribution in [0.3, 0.4) is 0 Å². The smallest absolute Gasteiger partial charge is 0.266 e. The van der Waals surface area contributed by atoms with Crippen LogP contribution in [-0.2, 0) is 11.2 Å². The molecule has 3 rings (SSSR count). The Labute approximate surface area is 189 Å². The van der Waals surface area contributed by atoms with Gasteiger partial charge in [0.2, 0.25) is 0 Å². The van der Waals surface area contributed by atoms with Crippen LogP contribution in [0.25, 0.3) is 6.08 Å². The predicted octanol–water partition coefficient (Wildman–Crippen LogP) is 5.69. The largest absolute Gasteiger partial charge is 0.493 e. The summed E-state index contributed by atoms with van der Waals surface area (Å²) in [6.45, 7) is 3.08. The van der Waals surface area contributed by atoms with Crippen LogP contribution in [0.1, 0.15) is 24.5 Å². The fraction of sp³-hybridized carbons (Fsp3) is 0.273. The molecule has 0 N–H and O–H groups in total. The lowest BCUT2D eigenvalue weighted by Crippen LogP contribution is -2.29. The number of carbonyl (C=O) groups excluding carboxylic acids is 1. The van der Waals surface area contributed by atoms with E-state index < -0.39 is 0 Å². The molecule has 1 amide bonds. The molecular weight excluding hydrogens is 470 g/mol. The minimum absolute atomic E-state index is 0.0444. The lowest BCUT2D eigenvalue weighted by atomic mass is 10.1. The number of benzene rings is 2. The first-order chi connectivity index (χ1) is 14.0. The van der Waals surface area contributed by atoms with Gasteiger partial charge in [-0.2, -0.15) is 0 Å². The van der Waals surface area contributed by atoms with E-state index in [0.717, 1.165) is 22.9 Å².